The molecule has 2 aromatic carbocycles. The van der Waals surface area contributed by atoms with E-state index in [9.17, 15) is 9.18 Å². The second-order valence-electron chi connectivity index (χ2n) is 6.63. The minimum absolute atomic E-state index is 0. The Morgan fingerprint density at radius 2 is 1.90 bits per heavy atom. The zero-order valence-corrected chi connectivity index (χ0v) is 20.1. The van der Waals surface area contributed by atoms with Gasteiger partial charge in [0.05, 0.1) is 6.54 Å². The second kappa shape index (κ2) is 14.4. The van der Waals surface area contributed by atoms with E-state index in [1.165, 1.54) is 12.1 Å². The van der Waals surface area contributed by atoms with Gasteiger partial charge in [0.2, 0.25) is 0 Å². The highest BCUT2D eigenvalue weighted by Crippen LogP contribution is 2.15. The molecule has 0 spiro atoms. The zero-order chi connectivity index (χ0) is 21.8. The molecule has 9 heteroatoms. The molecule has 7 nitrogen and oxygen atoms in total. The summed E-state index contributed by atoms with van der Waals surface area (Å²) in [7, 11) is 1.70. The number of nitrogens with zero attached hydrogens (tertiary/aromatic N) is 1. The fourth-order valence-corrected chi connectivity index (χ4v) is 2.67. The lowest BCUT2D eigenvalue weighted by Crippen LogP contribution is -2.43. The van der Waals surface area contributed by atoms with E-state index in [1.807, 2.05) is 19.1 Å². The molecular weight excluding hydrogens is 514 g/mol. The van der Waals surface area contributed by atoms with Crippen LogP contribution in [0, 0.1) is 5.82 Å². The SMILES string of the molecule is CCC(CNC(=NC)NCCc1ccc(OCC(N)=O)cc1)Oc1cccc(F)c1.I. The monoisotopic (exact) mass is 544 g/mol. The van der Waals surface area contributed by atoms with Crippen molar-refractivity contribution in [3.05, 3.63) is 59.9 Å². The maximum atomic E-state index is 13.3. The molecule has 0 aromatic heterocycles. The number of aliphatic imine (C=N–C) groups is 1. The molecular formula is C22H30FIN4O3. The third kappa shape index (κ3) is 10.3. The topological polar surface area (TPSA) is 98.0 Å². The molecule has 170 valence electrons. The summed E-state index contributed by atoms with van der Waals surface area (Å²) in [4.78, 5) is 15.0. The average Bonchev–Trinajstić information content (AvgIpc) is 2.74. The lowest BCUT2D eigenvalue weighted by molar-refractivity contribution is -0.119. The Balaban J connectivity index is 0.00000480. The van der Waals surface area contributed by atoms with E-state index in [0.29, 0.717) is 30.5 Å². The Bertz CT molecular complexity index is 834. The van der Waals surface area contributed by atoms with E-state index in [-0.39, 0.29) is 42.5 Å². The molecule has 0 heterocycles. The zero-order valence-electron chi connectivity index (χ0n) is 17.8. The van der Waals surface area contributed by atoms with Crippen LogP contribution in [0.1, 0.15) is 18.9 Å². The van der Waals surface area contributed by atoms with E-state index in [2.05, 4.69) is 15.6 Å². The van der Waals surface area contributed by atoms with Crippen LogP contribution in [0.5, 0.6) is 11.5 Å². The number of nitrogens with two attached hydrogens (primary N) is 1. The number of primary amides is 1. The van der Waals surface area contributed by atoms with Gasteiger partial charge >= 0.3 is 0 Å². The molecule has 0 radical (unpaired) electrons. The third-order valence-electron chi connectivity index (χ3n) is 4.29. The van der Waals surface area contributed by atoms with Gasteiger partial charge < -0.3 is 25.8 Å². The van der Waals surface area contributed by atoms with Crippen LogP contribution in [0.2, 0.25) is 0 Å². The van der Waals surface area contributed by atoms with Gasteiger partial charge in [-0.05, 0) is 42.7 Å². The smallest absolute Gasteiger partial charge is 0.255 e. The van der Waals surface area contributed by atoms with Crippen molar-refractivity contribution in [1.82, 2.24) is 10.6 Å². The second-order valence-corrected chi connectivity index (χ2v) is 6.63. The molecule has 0 bridgehead atoms. The first-order valence-corrected chi connectivity index (χ1v) is 9.87. The lowest BCUT2D eigenvalue weighted by atomic mass is 10.1. The Labute approximate surface area is 199 Å². The Hall–Kier alpha value is -2.56. The summed E-state index contributed by atoms with van der Waals surface area (Å²) >= 11 is 0. The Morgan fingerprint density at radius 3 is 2.52 bits per heavy atom. The minimum atomic E-state index is -0.506. The van der Waals surface area contributed by atoms with Gasteiger partial charge in [-0.2, -0.15) is 0 Å². The minimum Gasteiger partial charge on any atom is -0.489 e. The maximum absolute atomic E-state index is 13.3. The molecule has 2 aromatic rings. The molecule has 1 atom stereocenters. The summed E-state index contributed by atoms with van der Waals surface area (Å²) in [5.41, 5.74) is 6.18. The number of benzene rings is 2. The molecule has 0 aliphatic heterocycles. The van der Waals surface area contributed by atoms with Crippen molar-refractivity contribution in [3.8, 4) is 11.5 Å². The van der Waals surface area contributed by atoms with E-state index < -0.39 is 5.91 Å². The van der Waals surface area contributed by atoms with E-state index in [4.69, 9.17) is 15.2 Å². The van der Waals surface area contributed by atoms with E-state index in [0.717, 1.165) is 18.4 Å². The van der Waals surface area contributed by atoms with Crippen molar-refractivity contribution < 1.29 is 18.7 Å². The van der Waals surface area contributed by atoms with E-state index in [1.54, 1.807) is 31.3 Å². The molecule has 2 rings (SSSR count). The number of nitrogens with one attached hydrogen (secondary N) is 2. The maximum Gasteiger partial charge on any atom is 0.255 e. The van der Waals surface area contributed by atoms with Crippen molar-refractivity contribution in [3.63, 3.8) is 0 Å². The largest absolute Gasteiger partial charge is 0.489 e. The number of amides is 1. The summed E-state index contributed by atoms with van der Waals surface area (Å²) in [6, 6.07) is 13.6. The van der Waals surface area contributed by atoms with Gasteiger partial charge in [0.25, 0.3) is 5.91 Å². The van der Waals surface area contributed by atoms with Crippen molar-refractivity contribution in [1.29, 1.82) is 0 Å². The molecule has 0 fully saturated rings. The van der Waals surface area contributed by atoms with Gasteiger partial charge in [0.1, 0.15) is 23.4 Å². The number of hydrogen-bond acceptors (Lipinski definition) is 4. The van der Waals surface area contributed by atoms with Crippen LogP contribution in [0.4, 0.5) is 4.39 Å². The van der Waals surface area contributed by atoms with Crippen LogP contribution in [0.15, 0.2) is 53.5 Å². The van der Waals surface area contributed by atoms with Crippen LogP contribution in [-0.2, 0) is 11.2 Å². The predicted molar refractivity (Wildman–Crippen MR) is 131 cm³/mol. The van der Waals surface area contributed by atoms with Crippen molar-refractivity contribution >= 4 is 35.8 Å². The first kappa shape index (κ1) is 26.5. The molecule has 1 amide bonds. The predicted octanol–water partition coefficient (Wildman–Crippen LogP) is 2.87. The first-order chi connectivity index (χ1) is 14.5. The first-order valence-electron chi connectivity index (χ1n) is 9.87. The number of ether oxygens (including phenoxy) is 2. The van der Waals surface area contributed by atoms with Gasteiger partial charge in [-0.3, -0.25) is 9.79 Å². The fourth-order valence-electron chi connectivity index (χ4n) is 2.67. The van der Waals surface area contributed by atoms with Gasteiger partial charge in [-0.15, -0.1) is 24.0 Å². The fraction of sp³-hybridized carbons (Fsp3) is 0.364. The quantitative estimate of drug-likeness (QED) is 0.230. The molecule has 0 aliphatic carbocycles. The average molecular weight is 544 g/mol. The summed E-state index contributed by atoms with van der Waals surface area (Å²) in [5.74, 6) is 0.952. The van der Waals surface area contributed by atoms with Crippen LogP contribution in [-0.4, -0.2) is 44.7 Å². The van der Waals surface area contributed by atoms with Crippen LogP contribution in [0.3, 0.4) is 0 Å². The summed E-state index contributed by atoms with van der Waals surface area (Å²) in [6.07, 6.45) is 1.44. The number of guanidine groups is 1. The van der Waals surface area contributed by atoms with Gasteiger partial charge in [-0.25, -0.2) is 4.39 Å². The van der Waals surface area contributed by atoms with Gasteiger partial charge in [-0.1, -0.05) is 25.1 Å². The van der Waals surface area contributed by atoms with Crippen LogP contribution >= 0.6 is 24.0 Å². The molecule has 0 saturated heterocycles. The van der Waals surface area contributed by atoms with Crippen molar-refractivity contribution in [2.75, 3.05) is 26.7 Å². The highest BCUT2D eigenvalue weighted by Gasteiger charge is 2.10. The molecule has 31 heavy (non-hydrogen) atoms. The number of carbonyl (C=O) groups is 1. The summed E-state index contributed by atoms with van der Waals surface area (Å²) in [6.45, 7) is 3.10. The summed E-state index contributed by atoms with van der Waals surface area (Å²) < 4.78 is 24.4. The normalized spacial score (nSPS) is 11.8. The third-order valence-corrected chi connectivity index (χ3v) is 4.29. The van der Waals surface area contributed by atoms with Gasteiger partial charge in [0.15, 0.2) is 12.6 Å². The number of halogens is 2. The van der Waals surface area contributed by atoms with Crippen LogP contribution < -0.4 is 25.8 Å². The molecule has 4 N–H and O–H groups in total. The Kier molecular flexibility index (Phi) is 12.3. The standard InChI is InChI=1S/C22H29FN4O3.HI/c1-3-18(30-20-6-4-5-17(23)13-20)14-27-22(25-2)26-12-11-16-7-9-19(10-8-16)29-15-21(24)28;/h4-10,13,18H,3,11-12,14-15H2,1-2H3,(H2,24,28)(H2,25,26,27);1H. The number of rotatable bonds is 11. The number of hydrogen-bond donors (Lipinski definition) is 3. The lowest BCUT2D eigenvalue weighted by Gasteiger charge is -2.20. The van der Waals surface area contributed by atoms with Crippen molar-refractivity contribution in [2.45, 2.75) is 25.9 Å². The Morgan fingerprint density at radius 1 is 1.16 bits per heavy atom. The molecule has 1 unspecified atom stereocenters. The van der Waals surface area contributed by atoms with E-state index >= 15 is 0 Å². The van der Waals surface area contributed by atoms with Crippen LogP contribution in [0.25, 0.3) is 0 Å². The van der Waals surface area contributed by atoms with Crippen molar-refractivity contribution in [2.24, 2.45) is 10.7 Å². The highest BCUT2D eigenvalue weighted by molar-refractivity contribution is 14.0. The van der Waals surface area contributed by atoms with Gasteiger partial charge in [0, 0.05) is 19.7 Å². The summed E-state index contributed by atoms with van der Waals surface area (Å²) in [5, 5.41) is 6.49. The molecule has 0 aliphatic rings. The molecule has 0 saturated carbocycles. The highest BCUT2D eigenvalue weighted by atomic mass is 127. The number of carbonyl (C=O) groups excluding carboxylic acids is 1.